The smallest absolute Gasteiger partial charge is 0.337 e. The van der Waals surface area contributed by atoms with Crippen molar-refractivity contribution in [2.75, 3.05) is 17.7 Å². The zero-order chi connectivity index (χ0) is 20.9. The highest BCUT2D eigenvalue weighted by atomic mass is 32.1. The zero-order valence-corrected chi connectivity index (χ0v) is 17.6. The van der Waals surface area contributed by atoms with Gasteiger partial charge in [-0.2, -0.15) is 0 Å². The van der Waals surface area contributed by atoms with E-state index in [9.17, 15) is 9.59 Å². The number of thiophene rings is 1. The summed E-state index contributed by atoms with van der Waals surface area (Å²) >= 11 is 1.68. The number of carbonyl (C=O) groups is 2. The van der Waals surface area contributed by atoms with Crippen molar-refractivity contribution >= 4 is 33.9 Å². The summed E-state index contributed by atoms with van der Waals surface area (Å²) in [5, 5.41) is 7.32. The van der Waals surface area contributed by atoms with Crippen molar-refractivity contribution in [3.63, 3.8) is 0 Å². The van der Waals surface area contributed by atoms with Crippen molar-refractivity contribution in [1.29, 1.82) is 0 Å². The van der Waals surface area contributed by atoms with Crippen molar-refractivity contribution in [2.24, 2.45) is 0 Å². The van der Waals surface area contributed by atoms with E-state index in [0.717, 1.165) is 47.4 Å². The number of aromatic nitrogens is 1. The summed E-state index contributed by atoms with van der Waals surface area (Å²) in [6.07, 6.45) is 7.76. The van der Waals surface area contributed by atoms with E-state index in [2.05, 4.69) is 15.6 Å². The number of nitrogens with zero attached hydrogens (tertiary/aromatic N) is 1. The molecule has 0 saturated carbocycles. The highest BCUT2D eigenvalue weighted by Gasteiger charge is 2.25. The molecule has 3 aromatic rings. The molecule has 0 fully saturated rings. The van der Waals surface area contributed by atoms with Gasteiger partial charge in [-0.3, -0.25) is 9.78 Å². The van der Waals surface area contributed by atoms with E-state index in [1.165, 1.54) is 12.0 Å². The quantitative estimate of drug-likeness (QED) is 0.565. The van der Waals surface area contributed by atoms with Gasteiger partial charge in [0.05, 0.1) is 18.2 Å². The number of rotatable bonds is 6. The Hall–Kier alpha value is -3.19. The maximum Gasteiger partial charge on any atom is 0.337 e. The molecule has 0 bridgehead atoms. The largest absolute Gasteiger partial charge is 0.465 e. The number of anilines is 2. The second-order valence-corrected chi connectivity index (χ2v) is 8.26. The summed E-state index contributed by atoms with van der Waals surface area (Å²) in [4.78, 5) is 30.3. The molecule has 0 saturated heterocycles. The van der Waals surface area contributed by atoms with Gasteiger partial charge in [-0.1, -0.05) is 6.07 Å². The number of aryl methyl sites for hydroxylation is 1. The Morgan fingerprint density at radius 3 is 2.67 bits per heavy atom. The Bertz CT molecular complexity index is 1050. The van der Waals surface area contributed by atoms with Crippen molar-refractivity contribution in [1.82, 2.24) is 4.98 Å². The van der Waals surface area contributed by atoms with Crippen LogP contribution in [-0.2, 0) is 24.1 Å². The van der Waals surface area contributed by atoms with Gasteiger partial charge in [-0.25, -0.2) is 4.79 Å². The topological polar surface area (TPSA) is 80.3 Å². The van der Waals surface area contributed by atoms with Gasteiger partial charge in [-0.05, 0) is 67.1 Å². The third kappa shape index (κ3) is 4.36. The van der Waals surface area contributed by atoms with E-state index >= 15 is 0 Å². The molecule has 154 valence electrons. The van der Waals surface area contributed by atoms with Gasteiger partial charge in [0.25, 0.3) is 5.91 Å². The SMILES string of the molecule is COC(=O)c1ccc(NC(=O)c2c(NCc3cccnc3)sc3c2CCCC3)cc1. The number of amides is 1. The van der Waals surface area contributed by atoms with Gasteiger partial charge < -0.3 is 15.4 Å². The van der Waals surface area contributed by atoms with Crippen molar-refractivity contribution in [2.45, 2.75) is 32.2 Å². The minimum Gasteiger partial charge on any atom is -0.465 e. The second kappa shape index (κ2) is 9.09. The highest BCUT2D eigenvalue weighted by molar-refractivity contribution is 7.16. The van der Waals surface area contributed by atoms with Crippen LogP contribution in [0.4, 0.5) is 10.7 Å². The number of benzene rings is 1. The lowest BCUT2D eigenvalue weighted by Crippen LogP contribution is -2.16. The van der Waals surface area contributed by atoms with E-state index in [1.54, 1.807) is 41.8 Å². The zero-order valence-electron chi connectivity index (χ0n) is 16.7. The molecule has 0 aliphatic heterocycles. The number of esters is 1. The first kappa shape index (κ1) is 20.1. The molecule has 2 heterocycles. The number of fused-ring (bicyclic) bond motifs is 1. The number of nitrogens with one attached hydrogen (secondary N) is 2. The monoisotopic (exact) mass is 421 g/mol. The van der Waals surface area contributed by atoms with Crippen LogP contribution in [0.3, 0.4) is 0 Å². The standard InChI is InChI=1S/C23H23N3O3S/c1-29-23(28)16-8-10-17(11-9-16)26-21(27)20-18-6-2-3-7-19(18)30-22(20)25-14-15-5-4-12-24-13-15/h4-5,8-13,25H,2-3,6-7,14H2,1H3,(H,26,27). The third-order valence-corrected chi connectivity index (χ3v) is 6.39. The fraction of sp³-hybridized carbons (Fsp3) is 0.261. The number of carbonyl (C=O) groups excluding carboxylic acids is 2. The summed E-state index contributed by atoms with van der Waals surface area (Å²) < 4.78 is 4.72. The lowest BCUT2D eigenvalue weighted by molar-refractivity contribution is 0.0600. The van der Waals surface area contributed by atoms with Crippen LogP contribution in [0.5, 0.6) is 0 Å². The third-order valence-electron chi connectivity index (χ3n) is 5.14. The maximum atomic E-state index is 13.2. The van der Waals surface area contributed by atoms with Crippen LogP contribution in [-0.4, -0.2) is 24.0 Å². The van der Waals surface area contributed by atoms with Crippen molar-refractivity contribution in [3.05, 3.63) is 75.9 Å². The van der Waals surface area contributed by atoms with Gasteiger partial charge in [0, 0.05) is 29.5 Å². The molecule has 0 unspecified atom stereocenters. The molecule has 0 spiro atoms. The molecule has 1 amide bonds. The summed E-state index contributed by atoms with van der Waals surface area (Å²) in [6, 6.07) is 10.6. The molecule has 2 N–H and O–H groups in total. The van der Waals surface area contributed by atoms with Crippen LogP contribution in [0.2, 0.25) is 0 Å². The normalized spacial score (nSPS) is 12.7. The molecule has 4 rings (SSSR count). The van der Waals surface area contributed by atoms with Crippen LogP contribution in [0.25, 0.3) is 0 Å². The van der Waals surface area contributed by atoms with Gasteiger partial charge in [0.15, 0.2) is 0 Å². The molecule has 30 heavy (non-hydrogen) atoms. The van der Waals surface area contributed by atoms with E-state index in [0.29, 0.717) is 17.8 Å². The first-order chi connectivity index (χ1) is 14.7. The van der Waals surface area contributed by atoms with Crippen LogP contribution >= 0.6 is 11.3 Å². The molecule has 1 aliphatic carbocycles. The summed E-state index contributed by atoms with van der Waals surface area (Å²) in [7, 11) is 1.35. The molecule has 1 aromatic carbocycles. The van der Waals surface area contributed by atoms with E-state index in [1.807, 2.05) is 18.3 Å². The number of pyridine rings is 1. The molecule has 0 atom stereocenters. The minimum atomic E-state index is -0.401. The maximum absolute atomic E-state index is 13.2. The lowest BCUT2D eigenvalue weighted by Gasteiger charge is -2.14. The molecular weight excluding hydrogens is 398 g/mol. The molecule has 2 aromatic heterocycles. The van der Waals surface area contributed by atoms with Gasteiger partial charge in [0.1, 0.15) is 5.00 Å². The highest BCUT2D eigenvalue weighted by Crippen LogP contribution is 2.38. The van der Waals surface area contributed by atoms with E-state index in [-0.39, 0.29) is 5.91 Å². The summed E-state index contributed by atoms with van der Waals surface area (Å²) in [6.45, 7) is 0.612. The lowest BCUT2D eigenvalue weighted by atomic mass is 9.95. The summed E-state index contributed by atoms with van der Waals surface area (Å²) in [5.74, 6) is -0.532. The first-order valence-corrected chi connectivity index (χ1v) is 10.7. The summed E-state index contributed by atoms with van der Waals surface area (Å²) in [5.41, 5.74) is 4.04. The fourth-order valence-electron chi connectivity index (χ4n) is 3.62. The Labute approximate surface area is 179 Å². The molecule has 1 aliphatic rings. The Balaban J connectivity index is 1.56. The predicted molar refractivity (Wildman–Crippen MR) is 118 cm³/mol. The number of hydrogen-bond donors (Lipinski definition) is 2. The van der Waals surface area contributed by atoms with Gasteiger partial charge in [-0.15, -0.1) is 11.3 Å². The number of hydrogen-bond acceptors (Lipinski definition) is 6. The van der Waals surface area contributed by atoms with Crippen LogP contribution in [0, 0.1) is 0 Å². The Morgan fingerprint density at radius 2 is 1.93 bits per heavy atom. The van der Waals surface area contributed by atoms with E-state index < -0.39 is 5.97 Å². The second-order valence-electron chi connectivity index (χ2n) is 7.15. The minimum absolute atomic E-state index is 0.131. The predicted octanol–water partition coefficient (Wildman–Crippen LogP) is 4.67. The van der Waals surface area contributed by atoms with Crippen molar-refractivity contribution < 1.29 is 14.3 Å². The van der Waals surface area contributed by atoms with E-state index in [4.69, 9.17) is 4.74 Å². The molecular formula is C23H23N3O3S. The first-order valence-electron chi connectivity index (χ1n) is 9.92. The fourth-order valence-corrected chi connectivity index (χ4v) is 4.90. The average Bonchev–Trinajstić information content (AvgIpc) is 3.17. The number of methoxy groups -OCH3 is 1. The molecule has 7 heteroatoms. The van der Waals surface area contributed by atoms with Gasteiger partial charge in [0.2, 0.25) is 0 Å². The van der Waals surface area contributed by atoms with Crippen LogP contribution in [0.15, 0.2) is 48.8 Å². The average molecular weight is 422 g/mol. The Kier molecular flexibility index (Phi) is 6.09. The van der Waals surface area contributed by atoms with Gasteiger partial charge >= 0.3 is 5.97 Å². The van der Waals surface area contributed by atoms with Crippen LogP contribution < -0.4 is 10.6 Å². The Morgan fingerprint density at radius 1 is 1.13 bits per heavy atom. The number of ether oxygens (including phenoxy) is 1. The molecule has 6 nitrogen and oxygen atoms in total. The van der Waals surface area contributed by atoms with Crippen LogP contribution in [0.1, 0.15) is 49.6 Å². The molecule has 0 radical (unpaired) electrons. The van der Waals surface area contributed by atoms with Crippen molar-refractivity contribution in [3.8, 4) is 0 Å².